The van der Waals surface area contributed by atoms with E-state index in [4.69, 9.17) is 25.8 Å². The highest BCUT2D eigenvalue weighted by Crippen LogP contribution is 2.32. The fourth-order valence-corrected chi connectivity index (χ4v) is 2.99. The average Bonchev–Trinajstić information content (AvgIpc) is 2.74. The number of benzene rings is 2. The molecule has 8 nitrogen and oxygen atoms in total. The Bertz CT molecular complexity index is 876. The van der Waals surface area contributed by atoms with Crippen LogP contribution in [0.25, 0.3) is 0 Å². The summed E-state index contributed by atoms with van der Waals surface area (Å²) in [6.45, 7) is 3.74. The lowest BCUT2D eigenvalue weighted by Gasteiger charge is -2.17. The van der Waals surface area contributed by atoms with E-state index in [1.807, 2.05) is 19.1 Å². The van der Waals surface area contributed by atoms with Crippen molar-refractivity contribution in [2.24, 2.45) is 0 Å². The second-order valence-corrected chi connectivity index (χ2v) is 7.50. The van der Waals surface area contributed by atoms with Gasteiger partial charge in [0, 0.05) is 25.3 Å². The Morgan fingerprint density at radius 1 is 1.03 bits per heavy atom. The van der Waals surface area contributed by atoms with E-state index in [1.54, 1.807) is 49.4 Å². The number of methoxy groups -OCH3 is 1. The molecule has 0 heterocycles. The molecule has 32 heavy (non-hydrogen) atoms. The molecule has 0 aliphatic rings. The summed E-state index contributed by atoms with van der Waals surface area (Å²) in [6, 6.07) is 12.2. The number of ether oxygens (including phenoxy) is 3. The van der Waals surface area contributed by atoms with Crippen molar-refractivity contribution in [2.45, 2.75) is 13.3 Å². The van der Waals surface area contributed by atoms with E-state index in [0.717, 1.165) is 12.2 Å². The number of anilines is 1. The maximum absolute atomic E-state index is 12.5. The molecule has 0 fully saturated rings. The molecule has 2 N–H and O–H groups in total. The van der Waals surface area contributed by atoms with Gasteiger partial charge in [-0.3, -0.25) is 14.5 Å². The monoisotopic (exact) mass is 463 g/mol. The number of halogens is 1. The highest BCUT2D eigenvalue weighted by Gasteiger charge is 2.14. The molecular weight excluding hydrogens is 434 g/mol. The second-order valence-electron chi connectivity index (χ2n) is 7.06. The van der Waals surface area contributed by atoms with Crippen LogP contribution in [0.2, 0.25) is 5.02 Å². The molecular formula is C23H30ClN3O5. The zero-order valence-electron chi connectivity index (χ0n) is 18.7. The normalized spacial score (nSPS) is 10.7. The Kier molecular flexibility index (Phi) is 10.8. The van der Waals surface area contributed by atoms with E-state index in [-0.39, 0.29) is 24.9 Å². The van der Waals surface area contributed by atoms with Crippen molar-refractivity contribution in [3.63, 3.8) is 0 Å². The minimum Gasteiger partial charge on any atom is -0.494 e. The SMILES string of the molecule is CCOc1ccc(Oc2ccc(Cl)cc2NC(=O)CN(C)CC(=O)NCCCOC)cc1. The smallest absolute Gasteiger partial charge is 0.238 e. The molecule has 0 saturated carbocycles. The molecule has 174 valence electrons. The number of carbonyl (C=O) groups excluding carboxylic acids is 2. The van der Waals surface area contributed by atoms with E-state index in [1.165, 1.54) is 0 Å². The van der Waals surface area contributed by atoms with Crippen molar-refractivity contribution < 1.29 is 23.8 Å². The van der Waals surface area contributed by atoms with Crippen LogP contribution in [-0.4, -0.2) is 63.7 Å². The molecule has 0 aromatic heterocycles. The average molecular weight is 464 g/mol. The molecule has 2 amide bonds. The third kappa shape index (κ3) is 9.13. The van der Waals surface area contributed by atoms with Crippen LogP contribution < -0.4 is 20.1 Å². The molecule has 0 saturated heterocycles. The number of hydrogen-bond donors (Lipinski definition) is 2. The maximum atomic E-state index is 12.5. The lowest BCUT2D eigenvalue weighted by atomic mass is 10.2. The molecule has 0 spiro atoms. The van der Waals surface area contributed by atoms with Crippen LogP contribution in [0.5, 0.6) is 17.2 Å². The topological polar surface area (TPSA) is 89.1 Å². The molecule has 0 atom stereocenters. The summed E-state index contributed by atoms with van der Waals surface area (Å²) in [5.74, 6) is 1.34. The fraction of sp³-hybridized carbons (Fsp3) is 0.391. The first-order chi connectivity index (χ1) is 15.4. The van der Waals surface area contributed by atoms with Crippen molar-refractivity contribution in [3.8, 4) is 17.2 Å². The molecule has 0 aliphatic carbocycles. The minimum absolute atomic E-state index is 0.0283. The van der Waals surface area contributed by atoms with Crippen LogP contribution in [-0.2, 0) is 14.3 Å². The van der Waals surface area contributed by atoms with E-state index in [0.29, 0.717) is 42.0 Å². The Morgan fingerprint density at radius 3 is 2.41 bits per heavy atom. The summed E-state index contributed by atoms with van der Waals surface area (Å²) in [7, 11) is 3.31. The van der Waals surface area contributed by atoms with Crippen LogP contribution in [0.4, 0.5) is 5.69 Å². The number of nitrogens with zero attached hydrogens (tertiary/aromatic N) is 1. The number of hydrogen-bond acceptors (Lipinski definition) is 6. The highest BCUT2D eigenvalue weighted by molar-refractivity contribution is 6.31. The van der Waals surface area contributed by atoms with Crippen molar-refractivity contribution in [2.75, 3.05) is 52.3 Å². The van der Waals surface area contributed by atoms with Crippen LogP contribution in [0, 0.1) is 0 Å². The van der Waals surface area contributed by atoms with E-state index < -0.39 is 0 Å². The number of carbonyl (C=O) groups is 2. The summed E-state index contributed by atoms with van der Waals surface area (Å²) in [5, 5.41) is 6.05. The van der Waals surface area contributed by atoms with Gasteiger partial charge in [0.1, 0.15) is 11.5 Å². The highest BCUT2D eigenvalue weighted by atomic mass is 35.5. The summed E-state index contributed by atoms with van der Waals surface area (Å²) in [5.41, 5.74) is 0.439. The molecule has 2 aromatic rings. The second kappa shape index (κ2) is 13.6. The van der Waals surface area contributed by atoms with E-state index >= 15 is 0 Å². The third-order valence-electron chi connectivity index (χ3n) is 4.25. The largest absolute Gasteiger partial charge is 0.494 e. The van der Waals surface area contributed by atoms with Gasteiger partial charge in [-0.25, -0.2) is 0 Å². The molecule has 2 rings (SSSR count). The number of amides is 2. The predicted molar refractivity (Wildman–Crippen MR) is 125 cm³/mol. The van der Waals surface area contributed by atoms with Gasteiger partial charge in [0.25, 0.3) is 0 Å². The van der Waals surface area contributed by atoms with Crippen LogP contribution >= 0.6 is 11.6 Å². The fourth-order valence-electron chi connectivity index (χ4n) is 2.82. The number of nitrogens with one attached hydrogen (secondary N) is 2. The predicted octanol–water partition coefficient (Wildman–Crippen LogP) is 3.55. The van der Waals surface area contributed by atoms with Gasteiger partial charge in [-0.15, -0.1) is 0 Å². The Hall–Kier alpha value is -2.81. The zero-order valence-corrected chi connectivity index (χ0v) is 19.4. The third-order valence-corrected chi connectivity index (χ3v) is 4.49. The Morgan fingerprint density at radius 2 is 1.72 bits per heavy atom. The first-order valence-electron chi connectivity index (χ1n) is 10.4. The first-order valence-corrected chi connectivity index (χ1v) is 10.7. The number of likely N-dealkylation sites (N-methyl/N-ethyl adjacent to an activating group) is 1. The summed E-state index contributed by atoms with van der Waals surface area (Å²) in [4.78, 5) is 26.1. The Labute approximate surface area is 193 Å². The van der Waals surface area contributed by atoms with Crippen LogP contribution in [0.15, 0.2) is 42.5 Å². The first kappa shape index (κ1) is 25.5. The van der Waals surface area contributed by atoms with Gasteiger partial charge in [-0.1, -0.05) is 11.6 Å². The van der Waals surface area contributed by atoms with E-state index in [9.17, 15) is 9.59 Å². The molecule has 0 bridgehead atoms. The lowest BCUT2D eigenvalue weighted by Crippen LogP contribution is -2.39. The quantitative estimate of drug-likeness (QED) is 0.441. The van der Waals surface area contributed by atoms with Gasteiger partial charge in [0.15, 0.2) is 5.75 Å². The van der Waals surface area contributed by atoms with Crippen molar-refractivity contribution >= 4 is 29.1 Å². The van der Waals surface area contributed by atoms with Crippen LogP contribution in [0.3, 0.4) is 0 Å². The van der Waals surface area contributed by atoms with Crippen LogP contribution in [0.1, 0.15) is 13.3 Å². The summed E-state index contributed by atoms with van der Waals surface area (Å²) < 4.78 is 16.3. The maximum Gasteiger partial charge on any atom is 0.238 e. The van der Waals surface area contributed by atoms with Gasteiger partial charge in [-0.2, -0.15) is 0 Å². The Balaban J connectivity index is 1.92. The van der Waals surface area contributed by atoms with Crippen molar-refractivity contribution in [3.05, 3.63) is 47.5 Å². The molecule has 9 heteroatoms. The van der Waals surface area contributed by atoms with Gasteiger partial charge >= 0.3 is 0 Å². The van der Waals surface area contributed by atoms with Gasteiger partial charge in [0.05, 0.1) is 25.4 Å². The van der Waals surface area contributed by atoms with Crippen molar-refractivity contribution in [1.82, 2.24) is 10.2 Å². The number of rotatable bonds is 13. The molecule has 0 unspecified atom stereocenters. The molecule has 2 aromatic carbocycles. The van der Waals surface area contributed by atoms with E-state index in [2.05, 4.69) is 10.6 Å². The summed E-state index contributed by atoms with van der Waals surface area (Å²) in [6.07, 6.45) is 0.734. The van der Waals surface area contributed by atoms with Gasteiger partial charge in [-0.05, 0) is 62.9 Å². The standard InChI is InChI=1S/C23H30ClN3O5/c1-4-31-18-7-9-19(10-8-18)32-21-11-6-17(24)14-20(21)26-23(29)16-27(2)15-22(28)25-12-5-13-30-3/h6-11,14H,4-5,12-13,15-16H2,1-3H3,(H,25,28)(H,26,29). The molecule has 0 radical (unpaired) electrons. The van der Waals surface area contributed by atoms with Crippen molar-refractivity contribution in [1.29, 1.82) is 0 Å². The lowest BCUT2D eigenvalue weighted by molar-refractivity contribution is -0.123. The zero-order chi connectivity index (χ0) is 23.3. The van der Waals surface area contributed by atoms with Gasteiger partial charge in [0.2, 0.25) is 11.8 Å². The van der Waals surface area contributed by atoms with Gasteiger partial charge < -0.3 is 24.8 Å². The molecule has 0 aliphatic heterocycles. The summed E-state index contributed by atoms with van der Waals surface area (Å²) >= 11 is 6.11. The minimum atomic E-state index is -0.293.